The third-order valence-corrected chi connectivity index (χ3v) is 4.37. The highest BCUT2D eigenvalue weighted by atomic mass is 79.9. The van der Waals surface area contributed by atoms with Crippen LogP contribution in [-0.4, -0.2) is 36.3 Å². The summed E-state index contributed by atoms with van der Waals surface area (Å²) in [5.41, 5.74) is 7.08. The maximum absolute atomic E-state index is 13.3. The van der Waals surface area contributed by atoms with Gasteiger partial charge in [-0.1, -0.05) is 11.6 Å². The minimum atomic E-state index is -0.475. The Hall–Kier alpha value is -1.44. The summed E-state index contributed by atoms with van der Waals surface area (Å²) in [6.07, 6.45) is 0. The third kappa shape index (κ3) is 3.02. The van der Waals surface area contributed by atoms with E-state index in [0.29, 0.717) is 34.8 Å². The van der Waals surface area contributed by atoms with Gasteiger partial charge in [0, 0.05) is 18.7 Å². The molecule has 0 saturated carbocycles. The van der Waals surface area contributed by atoms with Crippen LogP contribution in [0.1, 0.15) is 0 Å². The lowest BCUT2D eigenvalue weighted by Crippen LogP contribution is -2.37. The zero-order valence-electron chi connectivity index (χ0n) is 11.5. The molecule has 116 valence electrons. The Bertz CT molecular complexity index is 709. The fraction of sp³-hybridized carbons (Fsp3) is 0.286. The lowest BCUT2D eigenvalue weighted by atomic mass is 10.1. The minimum Gasteiger partial charge on any atom is -0.378 e. The first-order valence-electron chi connectivity index (χ1n) is 6.67. The summed E-state index contributed by atoms with van der Waals surface area (Å²) in [6.45, 7) is 2.71. The number of nitrogens with zero attached hydrogens (tertiary/aromatic N) is 3. The summed E-state index contributed by atoms with van der Waals surface area (Å²) >= 11 is 9.38. The molecular weight excluding hydrogens is 375 g/mol. The van der Waals surface area contributed by atoms with Crippen LogP contribution in [0.25, 0.3) is 11.3 Å². The van der Waals surface area contributed by atoms with Gasteiger partial charge in [0.25, 0.3) is 0 Å². The van der Waals surface area contributed by atoms with Crippen LogP contribution in [0.15, 0.2) is 22.7 Å². The van der Waals surface area contributed by atoms with Crippen molar-refractivity contribution < 1.29 is 9.13 Å². The minimum absolute atomic E-state index is 0.0366. The normalized spacial score (nSPS) is 15.1. The Labute approximate surface area is 140 Å². The van der Waals surface area contributed by atoms with Gasteiger partial charge in [0.2, 0.25) is 5.95 Å². The molecular formula is C14H13BrClFN4O. The third-order valence-electron chi connectivity index (χ3n) is 3.35. The standard InChI is InChI=1S/C14H13BrClFN4O/c15-11-12(8-1-2-10(17)9(16)7-8)19-14(18)20-13(11)21-3-5-22-6-4-21/h1-2,7H,3-6H2,(H2,18,19,20). The van der Waals surface area contributed by atoms with Gasteiger partial charge in [0.05, 0.1) is 28.4 Å². The summed E-state index contributed by atoms with van der Waals surface area (Å²) in [6, 6.07) is 4.43. The first kappa shape index (κ1) is 15.5. The fourth-order valence-corrected chi connectivity index (χ4v) is 3.11. The fourth-order valence-electron chi connectivity index (χ4n) is 2.27. The number of hydrogen-bond acceptors (Lipinski definition) is 5. The molecule has 0 aliphatic carbocycles. The van der Waals surface area contributed by atoms with Crippen molar-refractivity contribution in [3.63, 3.8) is 0 Å². The van der Waals surface area contributed by atoms with Crippen LogP contribution in [0.2, 0.25) is 5.02 Å². The summed E-state index contributed by atoms with van der Waals surface area (Å²) < 4.78 is 19.4. The molecule has 0 radical (unpaired) electrons. The molecule has 1 aliphatic heterocycles. The Balaban J connectivity index is 2.07. The predicted molar refractivity (Wildman–Crippen MR) is 87.6 cm³/mol. The maximum atomic E-state index is 13.3. The van der Waals surface area contributed by atoms with Crippen LogP contribution in [-0.2, 0) is 4.74 Å². The molecule has 0 atom stereocenters. The van der Waals surface area contributed by atoms with Crippen LogP contribution < -0.4 is 10.6 Å². The largest absolute Gasteiger partial charge is 0.378 e. The van der Waals surface area contributed by atoms with E-state index in [0.717, 1.165) is 13.1 Å². The van der Waals surface area contributed by atoms with Gasteiger partial charge in [0.15, 0.2) is 0 Å². The second-order valence-electron chi connectivity index (χ2n) is 4.80. The number of benzene rings is 1. The number of ether oxygens (including phenoxy) is 1. The molecule has 0 spiro atoms. The SMILES string of the molecule is Nc1nc(-c2ccc(F)c(Cl)c2)c(Br)c(N2CCOCC2)n1. The van der Waals surface area contributed by atoms with Crippen LogP contribution >= 0.6 is 27.5 Å². The van der Waals surface area contributed by atoms with Crippen molar-refractivity contribution in [3.8, 4) is 11.3 Å². The maximum Gasteiger partial charge on any atom is 0.222 e. The van der Waals surface area contributed by atoms with Crippen LogP contribution in [0, 0.1) is 5.82 Å². The number of aromatic nitrogens is 2. The van der Waals surface area contributed by atoms with Crippen molar-refractivity contribution >= 4 is 39.3 Å². The van der Waals surface area contributed by atoms with E-state index in [9.17, 15) is 4.39 Å². The van der Waals surface area contributed by atoms with Gasteiger partial charge in [-0.15, -0.1) is 0 Å². The Morgan fingerprint density at radius 3 is 2.68 bits per heavy atom. The van der Waals surface area contributed by atoms with E-state index in [1.165, 1.54) is 12.1 Å². The summed E-state index contributed by atoms with van der Waals surface area (Å²) in [4.78, 5) is 10.6. The number of nitrogens with two attached hydrogens (primary N) is 1. The van der Waals surface area contributed by atoms with E-state index in [2.05, 4.69) is 30.8 Å². The first-order valence-corrected chi connectivity index (χ1v) is 7.84. The van der Waals surface area contributed by atoms with E-state index in [1.807, 2.05) is 0 Å². The number of halogens is 3. The zero-order valence-corrected chi connectivity index (χ0v) is 13.9. The lowest BCUT2D eigenvalue weighted by molar-refractivity contribution is 0.122. The highest BCUT2D eigenvalue weighted by Gasteiger charge is 2.20. The molecule has 2 heterocycles. The molecule has 0 bridgehead atoms. The van der Waals surface area contributed by atoms with Crippen molar-refractivity contribution in [3.05, 3.63) is 33.5 Å². The van der Waals surface area contributed by atoms with Crippen molar-refractivity contribution in [2.24, 2.45) is 0 Å². The van der Waals surface area contributed by atoms with Crippen molar-refractivity contribution in [2.45, 2.75) is 0 Å². The predicted octanol–water partition coefficient (Wildman–Crippen LogP) is 3.12. The first-order chi connectivity index (χ1) is 10.6. The van der Waals surface area contributed by atoms with Gasteiger partial charge in [-0.3, -0.25) is 0 Å². The monoisotopic (exact) mass is 386 g/mol. The number of anilines is 2. The molecule has 1 fully saturated rings. The summed E-state index contributed by atoms with van der Waals surface area (Å²) in [7, 11) is 0. The molecule has 3 rings (SSSR count). The molecule has 2 aromatic rings. The average Bonchev–Trinajstić information content (AvgIpc) is 2.53. The molecule has 1 saturated heterocycles. The molecule has 5 nitrogen and oxygen atoms in total. The highest BCUT2D eigenvalue weighted by molar-refractivity contribution is 9.10. The van der Waals surface area contributed by atoms with Crippen molar-refractivity contribution in [1.82, 2.24) is 9.97 Å². The van der Waals surface area contributed by atoms with Gasteiger partial charge in [-0.25, -0.2) is 9.37 Å². The Morgan fingerprint density at radius 2 is 2.00 bits per heavy atom. The molecule has 1 aromatic carbocycles. The van der Waals surface area contributed by atoms with E-state index >= 15 is 0 Å². The smallest absolute Gasteiger partial charge is 0.222 e. The number of morpholine rings is 1. The average molecular weight is 388 g/mol. The van der Waals surface area contributed by atoms with Crippen LogP contribution in [0.5, 0.6) is 0 Å². The quantitative estimate of drug-likeness (QED) is 0.858. The van der Waals surface area contributed by atoms with Gasteiger partial charge >= 0.3 is 0 Å². The molecule has 0 unspecified atom stereocenters. The molecule has 2 N–H and O–H groups in total. The number of hydrogen-bond donors (Lipinski definition) is 1. The summed E-state index contributed by atoms with van der Waals surface area (Å²) in [5.74, 6) is 0.378. The van der Waals surface area contributed by atoms with Crippen LogP contribution in [0.4, 0.5) is 16.2 Å². The van der Waals surface area contributed by atoms with Crippen molar-refractivity contribution in [1.29, 1.82) is 0 Å². The second kappa shape index (κ2) is 6.36. The molecule has 1 aromatic heterocycles. The summed E-state index contributed by atoms with van der Waals surface area (Å²) in [5, 5.41) is 0.0366. The Kier molecular flexibility index (Phi) is 4.46. The van der Waals surface area contributed by atoms with E-state index in [4.69, 9.17) is 22.1 Å². The zero-order chi connectivity index (χ0) is 15.7. The second-order valence-corrected chi connectivity index (χ2v) is 6.00. The molecule has 1 aliphatic rings. The van der Waals surface area contributed by atoms with Gasteiger partial charge in [-0.2, -0.15) is 4.98 Å². The van der Waals surface area contributed by atoms with E-state index in [1.54, 1.807) is 6.07 Å². The van der Waals surface area contributed by atoms with Crippen molar-refractivity contribution in [2.75, 3.05) is 36.9 Å². The van der Waals surface area contributed by atoms with Gasteiger partial charge in [0.1, 0.15) is 11.6 Å². The van der Waals surface area contributed by atoms with E-state index in [-0.39, 0.29) is 11.0 Å². The molecule has 8 heteroatoms. The number of nitrogen functional groups attached to an aromatic ring is 1. The van der Waals surface area contributed by atoms with Crippen LogP contribution in [0.3, 0.4) is 0 Å². The van der Waals surface area contributed by atoms with Gasteiger partial charge in [-0.05, 0) is 34.1 Å². The van der Waals surface area contributed by atoms with Gasteiger partial charge < -0.3 is 15.4 Å². The topological polar surface area (TPSA) is 64.3 Å². The highest BCUT2D eigenvalue weighted by Crippen LogP contribution is 2.35. The lowest BCUT2D eigenvalue weighted by Gasteiger charge is -2.29. The Morgan fingerprint density at radius 1 is 1.27 bits per heavy atom. The number of rotatable bonds is 2. The van der Waals surface area contributed by atoms with E-state index < -0.39 is 5.82 Å². The molecule has 22 heavy (non-hydrogen) atoms. The molecule has 0 amide bonds.